The lowest BCUT2D eigenvalue weighted by molar-refractivity contribution is 0.0696. The molecule has 3 heterocycles. The predicted octanol–water partition coefficient (Wildman–Crippen LogP) is 2.49. The minimum Gasteiger partial charge on any atom is -0.478 e. The zero-order valence-electron chi connectivity index (χ0n) is 14.7. The normalized spacial score (nSPS) is 10.8. The molecule has 0 saturated heterocycles. The molecule has 0 fully saturated rings. The molecule has 0 spiro atoms. The van der Waals surface area contributed by atoms with E-state index in [-0.39, 0.29) is 0 Å². The average molecular weight is 351 g/mol. The lowest BCUT2D eigenvalue weighted by Gasteiger charge is -2.08. The Hall–Kier alpha value is -3.09. The molecule has 0 saturated carbocycles. The van der Waals surface area contributed by atoms with Gasteiger partial charge in [-0.15, -0.1) is 0 Å². The molecular formula is C19H21N5O2. The van der Waals surface area contributed by atoms with Crippen molar-refractivity contribution in [2.24, 2.45) is 0 Å². The molecule has 26 heavy (non-hydrogen) atoms. The Balaban J connectivity index is 1.56. The standard InChI is InChI=1S/C19H21N5O2/c1-14-9-16(19(25)26)10-17(23-14)3-2-4-18-22-6-8-24(18)7-5-15-11-20-13-21-12-15/h6,8-13H,2-5,7H2,1H3,(H,25,26). The molecule has 0 aliphatic heterocycles. The van der Waals surface area contributed by atoms with Crippen molar-refractivity contribution in [3.8, 4) is 0 Å². The summed E-state index contributed by atoms with van der Waals surface area (Å²) in [5.74, 6) is 0.102. The van der Waals surface area contributed by atoms with Crippen molar-refractivity contribution in [2.75, 3.05) is 0 Å². The zero-order valence-corrected chi connectivity index (χ0v) is 14.7. The van der Waals surface area contributed by atoms with Crippen LogP contribution < -0.4 is 0 Å². The van der Waals surface area contributed by atoms with Gasteiger partial charge >= 0.3 is 5.97 Å². The van der Waals surface area contributed by atoms with Gasteiger partial charge in [0.1, 0.15) is 12.2 Å². The summed E-state index contributed by atoms with van der Waals surface area (Å²) in [6.07, 6.45) is 12.2. The third kappa shape index (κ3) is 4.72. The van der Waals surface area contributed by atoms with Crippen molar-refractivity contribution < 1.29 is 9.90 Å². The van der Waals surface area contributed by atoms with Gasteiger partial charge < -0.3 is 9.67 Å². The minimum atomic E-state index is -0.919. The van der Waals surface area contributed by atoms with Crippen molar-refractivity contribution in [3.05, 3.63) is 71.6 Å². The van der Waals surface area contributed by atoms with Crippen LogP contribution in [0.3, 0.4) is 0 Å². The van der Waals surface area contributed by atoms with E-state index in [4.69, 9.17) is 5.11 Å². The number of pyridine rings is 1. The van der Waals surface area contributed by atoms with E-state index >= 15 is 0 Å². The largest absolute Gasteiger partial charge is 0.478 e. The van der Waals surface area contributed by atoms with Gasteiger partial charge in [-0.1, -0.05) is 0 Å². The molecule has 3 rings (SSSR count). The molecule has 0 aliphatic carbocycles. The van der Waals surface area contributed by atoms with Gasteiger partial charge in [-0.05, 0) is 43.9 Å². The smallest absolute Gasteiger partial charge is 0.335 e. The van der Waals surface area contributed by atoms with Gasteiger partial charge in [0.25, 0.3) is 0 Å². The molecule has 7 nitrogen and oxygen atoms in total. The van der Waals surface area contributed by atoms with Crippen LogP contribution >= 0.6 is 0 Å². The lowest BCUT2D eigenvalue weighted by atomic mass is 10.1. The Kier molecular flexibility index (Phi) is 5.68. The topological polar surface area (TPSA) is 93.8 Å². The number of carboxylic acids is 1. The van der Waals surface area contributed by atoms with Gasteiger partial charge in [-0.3, -0.25) is 4.98 Å². The number of imidazole rings is 1. The first-order valence-corrected chi connectivity index (χ1v) is 8.56. The van der Waals surface area contributed by atoms with Crippen LogP contribution in [0.15, 0.2) is 43.2 Å². The van der Waals surface area contributed by atoms with E-state index in [1.807, 2.05) is 31.7 Å². The van der Waals surface area contributed by atoms with Crippen LogP contribution in [0.25, 0.3) is 0 Å². The molecule has 1 N–H and O–H groups in total. The number of hydrogen-bond acceptors (Lipinski definition) is 5. The van der Waals surface area contributed by atoms with E-state index in [2.05, 4.69) is 24.5 Å². The number of carboxylic acid groups (broad SMARTS) is 1. The van der Waals surface area contributed by atoms with Crippen LogP contribution in [0.5, 0.6) is 0 Å². The van der Waals surface area contributed by atoms with Crippen molar-refractivity contribution in [3.63, 3.8) is 0 Å². The third-order valence-electron chi connectivity index (χ3n) is 4.14. The molecule has 0 atom stereocenters. The highest BCUT2D eigenvalue weighted by Crippen LogP contribution is 2.11. The third-order valence-corrected chi connectivity index (χ3v) is 4.14. The molecule has 0 amide bonds. The number of aromatic nitrogens is 5. The second kappa shape index (κ2) is 8.33. The van der Waals surface area contributed by atoms with Crippen molar-refractivity contribution in [1.82, 2.24) is 24.5 Å². The average Bonchev–Trinajstić information content (AvgIpc) is 3.08. The summed E-state index contributed by atoms with van der Waals surface area (Å²) < 4.78 is 2.14. The van der Waals surface area contributed by atoms with E-state index < -0.39 is 5.97 Å². The molecule has 0 aliphatic rings. The fraction of sp³-hybridized carbons (Fsp3) is 0.316. The molecule has 0 unspecified atom stereocenters. The number of aryl methyl sites for hydroxylation is 5. The van der Waals surface area contributed by atoms with Crippen LogP contribution in [0.1, 0.15) is 39.6 Å². The first-order valence-electron chi connectivity index (χ1n) is 8.56. The first-order chi connectivity index (χ1) is 12.6. The minimum absolute atomic E-state index is 0.291. The van der Waals surface area contributed by atoms with Gasteiger partial charge in [-0.2, -0.15) is 0 Å². The molecule has 0 bridgehead atoms. The van der Waals surface area contributed by atoms with E-state index in [9.17, 15) is 4.79 Å². The Morgan fingerprint density at radius 1 is 1.15 bits per heavy atom. The second-order valence-corrected chi connectivity index (χ2v) is 6.18. The molecule has 0 aromatic carbocycles. The summed E-state index contributed by atoms with van der Waals surface area (Å²) in [5, 5.41) is 9.15. The van der Waals surface area contributed by atoms with Crippen molar-refractivity contribution >= 4 is 5.97 Å². The maximum atomic E-state index is 11.1. The SMILES string of the molecule is Cc1cc(C(=O)O)cc(CCCc2nccn2CCc2cncnc2)n1. The van der Waals surface area contributed by atoms with Gasteiger partial charge in [0, 0.05) is 49.1 Å². The van der Waals surface area contributed by atoms with Crippen LogP contribution in [0, 0.1) is 6.92 Å². The quantitative estimate of drug-likeness (QED) is 0.670. The number of hydrogen-bond donors (Lipinski definition) is 1. The fourth-order valence-corrected chi connectivity index (χ4v) is 2.90. The maximum Gasteiger partial charge on any atom is 0.335 e. The number of nitrogens with zero attached hydrogens (tertiary/aromatic N) is 5. The number of carbonyl (C=O) groups is 1. The molecule has 134 valence electrons. The molecule has 3 aromatic heterocycles. The van der Waals surface area contributed by atoms with Gasteiger partial charge in [0.2, 0.25) is 0 Å². The summed E-state index contributed by atoms with van der Waals surface area (Å²) in [6, 6.07) is 3.24. The van der Waals surface area contributed by atoms with E-state index in [1.54, 1.807) is 12.1 Å². The summed E-state index contributed by atoms with van der Waals surface area (Å²) in [4.78, 5) is 28.1. The van der Waals surface area contributed by atoms with Gasteiger partial charge in [-0.25, -0.2) is 19.7 Å². The van der Waals surface area contributed by atoms with Crippen LogP contribution in [0.2, 0.25) is 0 Å². The molecule has 7 heteroatoms. The first kappa shape index (κ1) is 17.7. The maximum absolute atomic E-state index is 11.1. The van der Waals surface area contributed by atoms with E-state index in [0.29, 0.717) is 5.56 Å². The summed E-state index contributed by atoms with van der Waals surface area (Å²) in [7, 11) is 0. The summed E-state index contributed by atoms with van der Waals surface area (Å²) in [5.41, 5.74) is 2.92. The lowest BCUT2D eigenvalue weighted by Crippen LogP contribution is -2.07. The molecule has 0 radical (unpaired) electrons. The van der Waals surface area contributed by atoms with Crippen LogP contribution in [-0.4, -0.2) is 35.6 Å². The Morgan fingerprint density at radius 3 is 2.73 bits per heavy atom. The Labute approximate surface area is 151 Å². The van der Waals surface area contributed by atoms with Crippen LogP contribution in [0.4, 0.5) is 0 Å². The van der Waals surface area contributed by atoms with E-state index in [1.165, 1.54) is 6.33 Å². The van der Waals surface area contributed by atoms with Gasteiger partial charge in [0.05, 0.1) is 5.56 Å². The van der Waals surface area contributed by atoms with Gasteiger partial charge in [0.15, 0.2) is 0 Å². The van der Waals surface area contributed by atoms with Crippen LogP contribution in [-0.2, 0) is 25.8 Å². The highest BCUT2D eigenvalue weighted by molar-refractivity contribution is 5.87. The molecule has 3 aromatic rings. The Morgan fingerprint density at radius 2 is 1.96 bits per heavy atom. The van der Waals surface area contributed by atoms with Crippen molar-refractivity contribution in [2.45, 2.75) is 39.2 Å². The highest BCUT2D eigenvalue weighted by Gasteiger charge is 2.08. The zero-order chi connectivity index (χ0) is 18.4. The fourth-order valence-electron chi connectivity index (χ4n) is 2.90. The number of aromatic carboxylic acids is 1. The molecular weight excluding hydrogens is 330 g/mol. The highest BCUT2D eigenvalue weighted by atomic mass is 16.4. The summed E-state index contributed by atoms with van der Waals surface area (Å²) in [6.45, 7) is 2.64. The summed E-state index contributed by atoms with van der Waals surface area (Å²) >= 11 is 0. The van der Waals surface area contributed by atoms with E-state index in [0.717, 1.165) is 55.0 Å². The monoisotopic (exact) mass is 351 g/mol. The Bertz CT molecular complexity index is 877. The second-order valence-electron chi connectivity index (χ2n) is 6.18. The van der Waals surface area contributed by atoms with Crippen molar-refractivity contribution in [1.29, 1.82) is 0 Å². The predicted molar refractivity (Wildman–Crippen MR) is 95.9 cm³/mol. The number of rotatable bonds is 8.